The molecule has 2 heterocycles. The third kappa shape index (κ3) is 1.54. The zero-order valence-electron chi connectivity index (χ0n) is 8.06. The number of ether oxygens (including phenoxy) is 2. The minimum Gasteiger partial charge on any atom is -0.469 e. The summed E-state index contributed by atoms with van der Waals surface area (Å²) in [7, 11) is 1.37. The van der Waals surface area contributed by atoms with Gasteiger partial charge in [0.25, 0.3) is 0 Å². The molecule has 0 spiro atoms. The minimum atomic E-state index is -0.248. The first kappa shape index (κ1) is 9.30. The fraction of sp³-hybridized carbons (Fsp3) is 0.778. The van der Waals surface area contributed by atoms with Gasteiger partial charge in [-0.2, -0.15) is 0 Å². The lowest BCUT2D eigenvalue weighted by molar-refractivity contribution is -0.142. The summed E-state index contributed by atoms with van der Waals surface area (Å²) in [4.78, 5) is 23.9. The van der Waals surface area contributed by atoms with E-state index in [1.165, 1.54) is 7.11 Å². The van der Waals surface area contributed by atoms with Crippen molar-refractivity contribution in [2.45, 2.75) is 18.9 Å². The summed E-state index contributed by atoms with van der Waals surface area (Å²) in [6.45, 7) is 1.32. The number of nitrogens with zero attached hydrogens (tertiary/aromatic N) is 1. The molecule has 0 unspecified atom stereocenters. The number of carbonyl (C=O) groups is 2. The highest BCUT2D eigenvalue weighted by Gasteiger charge is 2.41. The number of piperidine rings is 1. The Morgan fingerprint density at radius 3 is 3.21 bits per heavy atom. The number of carbonyl (C=O) groups excluding carboxylic acids is 2. The molecule has 14 heavy (non-hydrogen) atoms. The van der Waals surface area contributed by atoms with Crippen LogP contribution in [0.4, 0.5) is 4.79 Å². The molecule has 2 aliphatic rings. The maximum Gasteiger partial charge on any atom is 0.410 e. The number of hydrogen-bond acceptors (Lipinski definition) is 4. The van der Waals surface area contributed by atoms with Crippen LogP contribution in [0.5, 0.6) is 0 Å². The monoisotopic (exact) mass is 199 g/mol. The lowest BCUT2D eigenvalue weighted by atomic mass is 9.92. The molecular formula is C9H13NO4. The molecule has 2 rings (SSSR count). The summed E-state index contributed by atoms with van der Waals surface area (Å²) < 4.78 is 9.72. The van der Waals surface area contributed by atoms with Gasteiger partial charge in [-0.3, -0.25) is 4.79 Å². The second kappa shape index (κ2) is 3.48. The lowest BCUT2D eigenvalue weighted by Crippen LogP contribution is -2.37. The van der Waals surface area contributed by atoms with Crippen molar-refractivity contribution in [3.05, 3.63) is 0 Å². The van der Waals surface area contributed by atoms with E-state index in [0.717, 1.165) is 6.42 Å². The largest absolute Gasteiger partial charge is 0.469 e. The number of hydrogen-bond donors (Lipinski definition) is 0. The smallest absolute Gasteiger partial charge is 0.410 e. The Kier molecular flexibility index (Phi) is 2.31. The van der Waals surface area contributed by atoms with Gasteiger partial charge in [-0.1, -0.05) is 0 Å². The van der Waals surface area contributed by atoms with Crippen LogP contribution < -0.4 is 0 Å². The van der Waals surface area contributed by atoms with Gasteiger partial charge >= 0.3 is 12.1 Å². The molecule has 2 atom stereocenters. The molecule has 0 N–H and O–H groups in total. The molecule has 2 aliphatic heterocycles. The Bertz CT molecular complexity index is 266. The third-order valence-electron chi connectivity index (χ3n) is 2.86. The van der Waals surface area contributed by atoms with E-state index in [4.69, 9.17) is 4.74 Å². The van der Waals surface area contributed by atoms with E-state index in [1.54, 1.807) is 4.90 Å². The Morgan fingerprint density at radius 1 is 1.71 bits per heavy atom. The van der Waals surface area contributed by atoms with E-state index in [9.17, 15) is 9.59 Å². The molecule has 0 radical (unpaired) electrons. The third-order valence-corrected chi connectivity index (χ3v) is 2.86. The van der Waals surface area contributed by atoms with Crippen molar-refractivity contribution in [3.8, 4) is 0 Å². The van der Waals surface area contributed by atoms with Crippen molar-refractivity contribution in [2.75, 3.05) is 20.2 Å². The summed E-state index contributed by atoms with van der Waals surface area (Å²) in [6.07, 6.45) is 0.811. The van der Waals surface area contributed by atoms with Gasteiger partial charge in [0.15, 0.2) is 0 Å². The Morgan fingerprint density at radius 2 is 2.50 bits per heavy atom. The van der Waals surface area contributed by atoms with E-state index in [0.29, 0.717) is 19.5 Å². The summed E-state index contributed by atoms with van der Waals surface area (Å²) in [6, 6.07) is 0. The molecule has 0 aromatic rings. The van der Waals surface area contributed by atoms with E-state index in [1.807, 2.05) is 0 Å². The normalized spacial score (nSPS) is 30.1. The van der Waals surface area contributed by atoms with E-state index in [-0.39, 0.29) is 24.1 Å². The molecular weight excluding hydrogens is 186 g/mol. The van der Waals surface area contributed by atoms with E-state index >= 15 is 0 Å². The van der Waals surface area contributed by atoms with Crippen LogP contribution in [0.2, 0.25) is 0 Å². The molecule has 0 aromatic heterocycles. The minimum absolute atomic E-state index is 0.115. The van der Waals surface area contributed by atoms with Crippen molar-refractivity contribution >= 4 is 12.1 Å². The molecule has 0 saturated carbocycles. The summed E-state index contributed by atoms with van der Waals surface area (Å²) in [5.74, 6) is -0.100. The molecule has 78 valence electrons. The van der Waals surface area contributed by atoms with Crippen LogP contribution in [-0.2, 0) is 14.3 Å². The van der Waals surface area contributed by atoms with Crippen molar-refractivity contribution in [1.29, 1.82) is 0 Å². The number of rotatable bonds is 2. The zero-order chi connectivity index (χ0) is 10.1. The Labute approximate surface area is 82.0 Å². The zero-order valence-corrected chi connectivity index (χ0v) is 8.06. The SMILES string of the molecule is COC(=O)C[C@@H]1CCN2C[C@H]1OC2=O. The summed E-state index contributed by atoms with van der Waals surface area (Å²) in [5.41, 5.74) is 0. The maximum absolute atomic E-state index is 11.1. The van der Waals surface area contributed by atoms with Crippen molar-refractivity contribution in [1.82, 2.24) is 4.90 Å². The highest BCUT2D eigenvalue weighted by atomic mass is 16.6. The molecule has 5 nitrogen and oxygen atoms in total. The molecule has 1 amide bonds. The first-order valence-electron chi connectivity index (χ1n) is 4.73. The first-order valence-corrected chi connectivity index (χ1v) is 4.73. The predicted octanol–water partition coefficient (Wildman–Crippen LogP) is 0.390. The predicted molar refractivity (Wildman–Crippen MR) is 46.6 cm³/mol. The van der Waals surface area contributed by atoms with Gasteiger partial charge in [0, 0.05) is 12.5 Å². The van der Waals surface area contributed by atoms with Crippen LogP contribution >= 0.6 is 0 Å². The van der Waals surface area contributed by atoms with Crippen molar-refractivity contribution in [3.63, 3.8) is 0 Å². The lowest BCUT2D eigenvalue weighted by Gasteiger charge is -2.25. The van der Waals surface area contributed by atoms with Gasteiger partial charge in [0.05, 0.1) is 20.1 Å². The fourth-order valence-electron chi connectivity index (χ4n) is 2.00. The quantitative estimate of drug-likeness (QED) is 0.604. The van der Waals surface area contributed by atoms with Crippen molar-refractivity contribution in [2.24, 2.45) is 5.92 Å². The maximum atomic E-state index is 11.1. The summed E-state index contributed by atoms with van der Waals surface area (Å²) >= 11 is 0. The molecule has 2 bridgehead atoms. The van der Waals surface area contributed by atoms with Crippen LogP contribution in [0.3, 0.4) is 0 Å². The van der Waals surface area contributed by atoms with Crippen LogP contribution in [0.25, 0.3) is 0 Å². The van der Waals surface area contributed by atoms with Gasteiger partial charge in [0.1, 0.15) is 6.10 Å². The first-order chi connectivity index (χ1) is 6.70. The van der Waals surface area contributed by atoms with E-state index in [2.05, 4.69) is 4.74 Å². The Balaban J connectivity index is 1.95. The van der Waals surface area contributed by atoms with Gasteiger partial charge < -0.3 is 14.4 Å². The van der Waals surface area contributed by atoms with Crippen molar-refractivity contribution < 1.29 is 19.1 Å². The van der Waals surface area contributed by atoms with Crippen LogP contribution in [-0.4, -0.2) is 43.3 Å². The standard InChI is InChI=1S/C9H13NO4/c1-13-8(11)4-6-2-3-10-5-7(6)14-9(10)12/h6-7H,2-5H2,1H3/t6-,7+/m0/s1. The number of esters is 1. The number of methoxy groups -OCH3 is 1. The van der Waals surface area contributed by atoms with Crippen LogP contribution in [0.15, 0.2) is 0 Å². The van der Waals surface area contributed by atoms with E-state index < -0.39 is 0 Å². The van der Waals surface area contributed by atoms with Gasteiger partial charge in [0.2, 0.25) is 0 Å². The fourth-order valence-corrected chi connectivity index (χ4v) is 2.00. The van der Waals surface area contributed by atoms with Crippen LogP contribution in [0.1, 0.15) is 12.8 Å². The van der Waals surface area contributed by atoms with Gasteiger partial charge in [-0.25, -0.2) is 4.79 Å². The highest BCUT2D eigenvalue weighted by Crippen LogP contribution is 2.29. The molecule has 0 aliphatic carbocycles. The molecule has 2 fully saturated rings. The molecule has 0 aromatic carbocycles. The second-order valence-electron chi connectivity index (χ2n) is 3.70. The van der Waals surface area contributed by atoms with Gasteiger partial charge in [-0.05, 0) is 6.42 Å². The number of fused-ring (bicyclic) bond motifs is 2. The number of amides is 1. The topological polar surface area (TPSA) is 55.8 Å². The average molecular weight is 199 g/mol. The Hall–Kier alpha value is -1.26. The highest BCUT2D eigenvalue weighted by molar-refractivity contribution is 5.72. The molecule has 5 heteroatoms. The average Bonchev–Trinajstić information content (AvgIpc) is 2.48. The molecule has 2 saturated heterocycles. The van der Waals surface area contributed by atoms with Gasteiger partial charge in [-0.15, -0.1) is 0 Å². The van der Waals surface area contributed by atoms with Crippen LogP contribution in [0, 0.1) is 5.92 Å². The second-order valence-corrected chi connectivity index (χ2v) is 3.70. The summed E-state index contributed by atoms with van der Waals surface area (Å²) in [5, 5.41) is 0.